The molecule has 0 bridgehead atoms. The second-order valence-corrected chi connectivity index (χ2v) is 8.70. The Hall–Kier alpha value is -2.57. The average Bonchev–Trinajstić information content (AvgIpc) is 2.67. The first-order valence-electron chi connectivity index (χ1n) is 9.79. The summed E-state index contributed by atoms with van der Waals surface area (Å²) >= 11 is 0. The van der Waals surface area contributed by atoms with Crippen LogP contribution in [0.4, 0.5) is 0 Å². The van der Waals surface area contributed by atoms with Crippen LogP contribution in [0.3, 0.4) is 0 Å². The van der Waals surface area contributed by atoms with Gasteiger partial charge in [-0.05, 0) is 31.5 Å². The molecule has 2 aliphatic heterocycles. The van der Waals surface area contributed by atoms with E-state index in [9.17, 15) is 9.59 Å². The number of nitrogens with one attached hydrogen (secondary N) is 2. The predicted molar refractivity (Wildman–Crippen MR) is 110 cm³/mol. The van der Waals surface area contributed by atoms with Crippen molar-refractivity contribution in [3.05, 3.63) is 35.4 Å². The maximum atomic E-state index is 12.5. The van der Waals surface area contributed by atoms with Crippen LogP contribution in [0.15, 0.2) is 29.3 Å². The molecular formula is C21H31N5O2. The van der Waals surface area contributed by atoms with Crippen molar-refractivity contribution in [3.63, 3.8) is 0 Å². The number of guanidine groups is 1. The van der Waals surface area contributed by atoms with Crippen LogP contribution in [0, 0.1) is 5.41 Å². The fraction of sp³-hybridized carbons (Fsp3) is 0.571. The van der Waals surface area contributed by atoms with Gasteiger partial charge in [-0.2, -0.15) is 0 Å². The lowest BCUT2D eigenvalue weighted by molar-refractivity contribution is -0.123. The predicted octanol–water partition coefficient (Wildman–Crippen LogP) is 1.45. The van der Waals surface area contributed by atoms with Gasteiger partial charge in [0.2, 0.25) is 5.91 Å². The van der Waals surface area contributed by atoms with Crippen LogP contribution in [0.1, 0.15) is 43.6 Å². The van der Waals surface area contributed by atoms with E-state index in [2.05, 4.69) is 48.2 Å². The number of rotatable bonds is 3. The molecule has 2 fully saturated rings. The van der Waals surface area contributed by atoms with Gasteiger partial charge >= 0.3 is 0 Å². The molecule has 28 heavy (non-hydrogen) atoms. The van der Waals surface area contributed by atoms with E-state index < -0.39 is 0 Å². The lowest BCUT2D eigenvalue weighted by Gasteiger charge is -2.62. The first-order chi connectivity index (χ1) is 13.2. The zero-order valence-electron chi connectivity index (χ0n) is 17.5. The minimum absolute atomic E-state index is 0.0475. The number of benzene rings is 1. The zero-order valence-corrected chi connectivity index (χ0v) is 17.5. The highest BCUT2D eigenvalue weighted by Crippen LogP contribution is 2.46. The van der Waals surface area contributed by atoms with Gasteiger partial charge in [-0.3, -0.25) is 14.6 Å². The molecule has 2 saturated heterocycles. The minimum atomic E-state index is -0.108. The summed E-state index contributed by atoms with van der Waals surface area (Å²) < 4.78 is 0. The number of hydrogen-bond acceptors (Lipinski definition) is 3. The van der Waals surface area contributed by atoms with Crippen LogP contribution >= 0.6 is 0 Å². The Morgan fingerprint density at radius 3 is 2.43 bits per heavy atom. The number of aliphatic imine (C=N–C) groups is 1. The second-order valence-electron chi connectivity index (χ2n) is 8.70. The summed E-state index contributed by atoms with van der Waals surface area (Å²) in [6.45, 7) is 11.8. The Morgan fingerprint density at radius 2 is 1.89 bits per heavy atom. The first kappa shape index (κ1) is 20.2. The van der Waals surface area contributed by atoms with Crippen LogP contribution < -0.4 is 10.6 Å². The van der Waals surface area contributed by atoms with E-state index in [-0.39, 0.29) is 29.3 Å². The monoisotopic (exact) mass is 385 g/mol. The zero-order chi connectivity index (χ0) is 20.5. The number of amides is 2. The minimum Gasteiger partial charge on any atom is -0.353 e. The Bertz CT molecular complexity index is 782. The first-order valence-corrected chi connectivity index (χ1v) is 9.79. The maximum absolute atomic E-state index is 12.5. The molecular weight excluding hydrogens is 354 g/mol. The maximum Gasteiger partial charge on any atom is 0.254 e. The van der Waals surface area contributed by atoms with Crippen molar-refractivity contribution in [2.75, 3.05) is 33.2 Å². The molecule has 1 aromatic rings. The van der Waals surface area contributed by atoms with Crippen molar-refractivity contribution in [2.24, 2.45) is 10.4 Å². The summed E-state index contributed by atoms with van der Waals surface area (Å²) in [7, 11) is 1.81. The van der Waals surface area contributed by atoms with E-state index in [0.717, 1.165) is 18.1 Å². The molecule has 0 unspecified atom stereocenters. The van der Waals surface area contributed by atoms with Gasteiger partial charge in [-0.15, -0.1) is 0 Å². The van der Waals surface area contributed by atoms with Crippen molar-refractivity contribution in [1.29, 1.82) is 0 Å². The fourth-order valence-corrected chi connectivity index (χ4v) is 3.64. The average molecular weight is 386 g/mol. The third kappa shape index (κ3) is 3.70. The Morgan fingerprint density at radius 1 is 1.21 bits per heavy atom. The van der Waals surface area contributed by atoms with Crippen molar-refractivity contribution < 1.29 is 9.59 Å². The molecule has 0 radical (unpaired) electrons. The van der Waals surface area contributed by atoms with Gasteiger partial charge in [0.05, 0.1) is 6.54 Å². The number of carbonyl (C=O) groups excluding carboxylic acids is 2. The highest BCUT2D eigenvalue weighted by molar-refractivity contribution is 5.97. The molecule has 2 heterocycles. The van der Waals surface area contributed by atoms with E-state index in [1.54, 1.807) is 11.9 Å². The molecule has 3 rings (SSSR count). The molecule has 0 spiro atoms. The van der Waals surface area contributed by atoms with E-state index >= 15 is 0 Å². The molecule has 2 amide bonds. The Kier molecular flexibility index (Phi) is 5.37. The van der Waals surface area contributed by atoms with E-state index in [1.807, 2.05) is 24.3 Å². The smallest absolute Gasteiger partial charge is 0.254 e. The van der Waals surface area contributed by atoms with Gasteiger partial charge < -0.3 is 20.4 Å². The summed E-state index contributed by atoms with van der Waals surface area (Å²) in [4.78, 5) is 32.3. The quantitative estimate of drug-likeness (QED) is 0.610. The highest BCUT2D eigenvalue weighted by Gasteiger charge is 2.53. The topological polar surface area (TPSA) is 77.0 Å². The molecule has 2 aliphatic rings. The molecule has 0 saturated carbocycles. The highest BCUT2D eigenvalue weighted by atomic mass is 16.2. The van der Waals surface area contributed by atoms with Gasteiger partial charge in [-0.25, -0.2) is 0 Å². The normalized spacial score (nSPS) is 21.0. The lowest BCUT2D eigenvalue weighted by Crippen LogP contribution is -2.72. The Labute approximate surface area is 167 Å². The van der Waals surface area contributed by atoms with Gasteiger partial charge in [0.1, 0.15) is 0 Å². The molecule has 7 nitrogen and oxygen atoms in total. The van der Waals surface area contributed by atoms with Crippen LogP contribution in [-0.4, -0.2) is 66.3 Å². The van der Waals surface area contributed by atoms with Gasteiger partial charge in [0.15, 0.2) is 5.96 Å². The second kappa shape index (κ2) is 7.45. The van der Waals surface area contributed by atoms with Crippen molar-refractivity contribution in [2.45, 2.75) is 39.8 Å². The van der Waals surface area contributed by atoms with Gasteiger partial charge in [0, 0.05) is 49.7 Å². The molecule has 152 valence electrons. The largest absolute Gasteiger partial charge is 0.353 e. The van der Waals surface area contributed by atoms with E-state index in [4.69, 9.17) is 0 Å². The number of piperazine rings is 1. The van der Waals surface area contributed by atoms with Gasteiger partial charge in [0.25, 0.3) is 5.91 Å². The number of likely N-dealkylation sites (tertiary alicyclic amines) is 1. The standard InChI is InChI=1S/C21H31N5O2/c1-20(2)14-26(21(20,3)4)19(22-5)24-12-15-6-8-16(9-7-15)18(28)25-11-10-23-17(27)13-25/h6-9H,10-14H2,1-5H3,(H,22,24)(H,23,27). The van der Waals surface area contributed by atoms with Crippen LogP contribution in [0.5, 0.6) is 0 Å². The molecule has 0 atom stereocenters. The molecule has 7 heteroatoms. The molecule has 2 N–H and O–H groups in total. The summed E-state index contributed by atoms with van der Waals surface area (Å²) in [5.74, 6) is 0.683. The van der Waals surface area contributed by atoms with Crippen molar-refractivity contribution in [1.82, 2.24) is 20.4 Å². The number of carbonyl (C=O) groups is 2. The summed E-state index contributed by atoms with van der Waals surface area (Å²) in [5, 5.41) is 6.16. The fourth-order valence-electron chi connectivity index (χ4n) is 3.64. The third-order valence-corrected chi connectivity index (χ3v) is 6.33. The number of hydrogen-bond donors (Lipinski definition) is 2. The number of nitrogens with zero attached hydrogens (tertiary/aromatic N) is 3. The molecule has 0 aliphatic carbocycles. The van der Waals surface area contributed by atoms with Gasteiger partial charge in [-0.1, -0.05) is 26.0 Å². The Balaban J connectivity index is 1.58. The summed E-state index contributed by atoms with van der Waals surface area (Å²) in [6.07, 6.45) is 0. The third-order valence-electron chi connectivity index (χ3n) is 6.33. The molecule has 0 aromatic heterocycles. The van der Waals surface area contributed by atoms with Crippen LogP contribution in [-0.2, 0) is 11.3 Å². The molecule has 1 aromatic carbocycles. The lowest BCUT2D eigenvalue weighted by atomic mass is 9.65. The van der Waals surface area contributed by atoms with E-state index in [1.165, 1.54) is 0 Å². The summed E-state index contributed by atoms with van der Waals surface area (Å²) in [6, 6.07) is 7.54. The van der Waals surface area contributed by atoms with Crippen molar-refractivity contribution >= 4 is 17.8 Å². The van der Waals surface area contributed by atoms with Crippen LogP contribution in [0.25, 0.3) is 0 Å². The van der Waals surface area contributed by atoms with Crippen molar-refractivity contribution in [3.8, 4) is 0 Å². The SMILES string of the molecule is CN=C(NCc1ccc(C(=O)N2CCNC(=O)C2)cc1)N1CC(C)(C)C1(C)C. The van der Waals surface area contributed by atoms with Crippen LogP contribution in [0.2, 0.25) is 0 Å². The van der Waals surface area contributed by atoms with E-state index in [0.29, 0.717) is 25.2 Å². The summed E-state index contributed by atoms with van der Waals surface area (Å²) in [5.41, 5.74) is 1.98.